The molecule has 0 bridgehead atoms. The van der Waals surface area contributed by atoms with Gasteiger partial charge in [-0.3, -0.25) is 0 Å². The summed E-state index contributed by atoms with van der Waals surface area (Å²) in [4.78, 5) is 11.8. The van der Waals surface area contributed by atoms with Crippen molar-refractivity contribution in [3.8, 4) is 22.8 Å². The Morgan fingerprint density at radius 1 is 1.07 bits per heavy atom. The summed E-state index contributed by atoms with van der Waals surface area (Å²) in [6, 6.07) is 10.5. The topological polar surface area (TPSA) is 81.8 Å². The number of fused-ring (bicyclic) bond motifs is 1. The van der Waals surface area contributed by atoms with E-state index in [9.17, 15) is 9.90 Å². The van der Waals surface area contributed by atoms with Crippen molar-refractivity contribution in [3.05, 3.63) is 63.3 Å². The van der Waals surface area contributed by atoms with Gasteiger partial charge in [0, 0.05) is 12.0 Å². The number of aryl methyl sites for hydroxylation is 2. The molecular formula is C19H13Cl2NO5. The van der Waals surface area contributed by atoms with Gasteiger partial charge in [-0.1, -0.05) is 40.5 Å². The molecule has 27 heavy (non-hydrogen) atoms. The number of aromatic carboxylic acids is 1. The van der Waals surface area contributed by atoms with Gasteiger partial charge in [-0.2, -0.15) is 0 Å². The average molecular weight is 406 g/mol. The van der Waals surface area contributed by atoms with Crippen LogP contribution in [0.2, 0.25) is 10.0 Å². The van der Waals surface area contributed by atoms with Crippen LogP contribution in [0.15, 0.2) is 40.9 Å². The number of carboxylic acids is 1. The number of halogens is 2. The van der Waals surface area contributed by atoms with E-state index in [-0.39, 0.29) is 23.8 Å². The molecule has 2 heterocycles. The number of ether oxygens (including phenoxy) is 2. The van der Waals surface area contributed by atoms with Crippen molar-refractivity contribution in [2.45, 2.75) is 12.8 Å². The second-order valence-electron chi connectivity index (χ2n) is 5.92. The van der Waals surface area contributed by atoms with Crippen molar-refractivity contribution in [1.29, 1.82) is 0 Å². The lowest BCUT2D eigenvalue weighted by molar-refractivity contribution is 0.0695. The van der Waals surface area contributed by atoms with Crippen molar-refractivity contribution in [1.82, 2.24) is 5.16 Å². The molecule has 6 nitrogen and oxygen atoms in total. The summed E-state index contributed by atoms with van der Waals surface area (Å²) in [5, 5.41) is 14.2. The number of nitrogens with zero attached hydrogens (tertiary/aromatic N) is 1. The predicted octanol–water partition coefficient (Wildman–Crippen LogP) is 4.86. The highest BCUT2D eigenvalue weighted by molar-refractivity contribution is 6.39. The molecule has 0 atom stereocenters. The van der Waals surface area contributed by atoms with Crippen LogP contribution in [0.5, 0.6) is 11.5 Å². The number of aromatic nitrogens is 1. The molecule has 0 fully saturated rings. The van der Waals surface area contributed by atoms with Gasteiger partial charge in [-0.25, -0.2) is 4.79 Å². The van der Waals surface area contributed by atoms with Gasteiger partial charge in [-0.15, -0.1) is 0 Å². The third kappa shape index (κ3) is 3.34. The number of carboxylic acid groups (broad SMARTS) is 1. The van der Waals surface area contributed by atoms with Crippen molar-refractivity contribution >= 4 is 29.2 Å². The molecule has 8 heteroatoms. The molecule has 0 unspecified atom stereocenters. The molecule has 2 aromatic carbocycles. The highest BCUT2D eigenvalue weighted by atomic mass is 35.5. The predicted molar refractivity (Wildman–Crippen MR) is 98.9 cm³/mol. The van der Waals surface area contributed by atoms with E-state index < -0.39 is 5.97 Å². The molecule has 1 aromatic heterocycles. The van der Waals surface area contributed by atoms with Crippen molar-refractivity contribution < 1.29 is 23.9 Å². The zero-order valence-corrected chi connectivity index (χ0v) is 15.4. The van der Waals surface area contributed by atoms with E-state index in [1.54, 1.807) is 18.2 Å². The molecule has 0 aliphatic carbocycles. The van der Waals surface area contributed by atoms with Crippen LogP contribution in [0.25, 0.3) is 11.3 Å². The molecule has 0 saturated heterocycles. The van der Waals surface area contributed by atoms with Gasteiger partial charge in [0.05, 0.1) is 10.0 Å². The van der Waals surface area contributed by atoms with Gasteiger partial charge in [0.25, 0.3) is 0 Å². The summed E-state index contributed by atoms with van der Waals surface area (Å²) in [5.74, 6) is 0.474. The summed E-state index contributed by atoms with van der Waals surface area (Å²) in [5.41, 5.74) is 1.39. The first-order chi connectivity index (χ1) is 13.0. The van der Waals surface area contributed by atoms with Gasteiger partial charge in [0.1, 0.15) is 11.3 Å². The van der Waals surface area contributed by atoms with Crippen LogP contribution in [0.1, 0.15) is 21.7 Å². The Kier molecular flexibility index (Phi) is 4.68. The normalized spacial score (nSPS) is 12.4. The number of hydrogen-bond donors (Lipinski definition) is 1. The molecule has 4 rings (SSSR count). The molecule has 1 N–H and O–H groups in total. The number of rotatable bonds is 5. The molecule has 0 spiro atoms. The van der Waals surface area contributed by atoms with E-state index in [1.807, 2.05) is 18.2 Å². The lowest BCUT2D eigenvalue weighted by atomic mass is 10.0. The maximum absolute atomic E-state index is 11.8. The Morgan fingerprint density at radius 3 is 2.56 bits per heavy atom. The Balaban J connectivity index is 1.64. The van der Waals surface area contributed by atoms with Crippen LogP contribution in [0.4, 0.5) is 0 Å². The third-order valence-corrected chi connectivity index (χ3v) is 4.88. The second-order valence-corrected chi connectivity index (χ2v) is 6.73. The van der Waals surface area contributed by atoms with E-state index >= 15 is 0 Å². The zero-order chi connectivity index (χ0) is 19.0. The van der Waals surface area contributed by atoms with E-state index in [0.29, 0.717) is 39.9 Å². The Labute approximate surface area is 164 Å². The minimum Gasteiger partial charge on any atom is -0.477 e. The first-order valence-electron chi connectivity index (χ1n) is 8.09. The van der Waals surface area contributed by atoms with Crippen LogP contribution in [-0.4, -0.2) is 23.0 Å². The summed E-state index contributed by atoms with van der Waals surface area (Å²) >= 11 is 12.4. The maximum atomic E-state index is 11.8. The van der Waals surface area contributed by atoms with Crippen molar-refractivity contribution in [2.24, 2.45) is 0 Å². The van der Waals surface area contributed by atoms with E-state index in [4.69, 9.17) is 37.2 Å². The van der Waals surface area contributed by atoms with Crippen LogP contribution in [-0.2, 0) is 12.8 Å². The third-order valence-electron chi connectivity index (χ3n) is 4.25. The lowest BCUT2D eigenvalue weighted by Crippen LogP contribution is -2.03. The molecule has 3 aromatic rings. The molecule has 1 aliphatic heterocycles. The summed E-state index contributed by atoms with van der Waals surface area (Å²) < 4.78 is 16.0. The summed E-state index contributed by atoms with van der Waals surface area (Å²) in [7, 11) is 0. The quantitative estimate of drug-likeness (QED) is 0.652. The SMILES string of the molecule is O=C(O)c1c(-c2c(Cl)cccc2Cl)noc1CCc1ccc2c(c1)OCO2. The van der Waals surface area contributed by atoms with Crippen molar-refractivity contribution in [2.75, 3.05) is 6.79 Å². The van der Waals surface area contributed by atoms with E-state index in [1.165, 1.54) is 0 Å². The fourth-order valence-corrected chi connectivity index (χ4v) is 3.54. The molecule has 0 saturated carbocycles. The Hall–Kier alpha value is -2.70. The lowest BCUT2D eigenvalue weighted by Gasteiger charge is -2.05. The van der Waals surface area contributed by atoms with E-state index in [0.717, 1.165) is 5.56 Å². The molecule has 0 radical (unpaired) electrons. The van der Waals surface area contributed by atoms with Gasteiger partial charge < -0.3 is 19.1 Å². The monoisotopic (exact) mass is 405 g/mol. The fourth-order valence-electron chi connectivity index (χ4n) is 2.96. The standard InChI is InChI=1S/C19H13Cl2NO5/c20-11-2-1-3-12(21)16(11)18-17(19(23)24)14(27-22-18)7-5-10-4-6-13-15(8-10)26-9-25-13/h1-4,6,8H,5,7,9H2,(H,23,24). The fraction of sp³-hybridized carbons (Fsp3) is 0.158. The highest BCUT2D eigenvalue weighted by Crippen LogP contribution is 2.37. The summed E-state index contributed by atoms with van der Waals surface area (Å²) in [6.45, 7) is 0.200. The van der Waals surface area contributed by atoms with Gasteiger partial charge in [-0.05, 0) is 36.2 Å². The first-order valence-corrected chi connectivity index (χ1v) is 8.85. The van der Waals surface area contributed by atoms with Crippen LogP contribution in [0.3, 0.4) is 0 Å². The average Bonchev–Trinajstić information content (AvgIpc) is 3.26. The Morgan fingerprint density at radius 2 is 1.81 bits per heavy atom. The van der Waals surface area contributed by atoms with Crippen molar-refractivity contribution in [3.63, 3.8) is 0 Å². The number of hydrogen-bond acceptors (Lipinski definition) is 5. The molecular weight excluding hydrogens is 393 g/mol. The number of carbonyl (C=O) groups is 1. The Bertz CT molecular complexity index is 1010. The van der Waals surface area contributed by atoms with Crippen LogP contribution >= 0.6 is 23.2 Å². The molecule has 138 valence electrons. The van der Waals surface area contributed by atoms with E-state index in [2.05, 4.69) is 5.16 Å². The maximum Gasteiger partial charge on any atom is 0.341 e. The number of benzene rings is 2. The molecule has 1 aliphatic rings. The second kappa shape index (κ2) is 7.13. The minimum atomic E-state index is -1.15. The van der Waals surface area contributed by atoms with Gasteiger partial charge >= 0.3 is 5.97 Å². The van der Waals surface area contributed by atoms with Gasteiger partial charge in [0.15, 0.2) is 17.3 Å². The highest BCUT2D eigenvalue weighted by Gasteiger charge is 2.26. The minimum absolute atomic E-state index is 0.0363. The van der Waals surface area contributed by atoms with Gasteiger partial charge in [0.2, 0.25) is 6.79 Å². The first kappa shape index (κ1) is 17.7. The summed E-state index contributed by atoms with van der Waals surface area (Å²) in [6.07, 6.45) is 0.887. The van der Waals surface area contributed by atoms with Crippen LogP contribution in [0, 0.1) is 0 Å². The zero-order valence-electron chi connectivity index (χ0n) is 13.9. The molecule has 0 amide bonds. The smallest absolute Gasteiger partial charge is 0.341 e. The largest absolute Gasteiger partial charge is 0.477 e. The van der Waals surface area contributed by atoms with Crippen LogP contribution < -0.4 is 9.47 Å².